The fourth-order valence-electron chi connectivity index (χ4n) is 1.56. The van der Waals surface area contributed by atoms with E-state index >= 15 is 0 Å². The lowest BCUT2D eigenvalue weighted by Crippen LogP contribution is -2.45. The van der Waals surface area contributed by atoms with Gasteiger partial charge >= 0.3 is 0 Å². The van der Waals surface area contributed by atoms with Crippen LogP contribution in [0.2, 0.25) is 0 Å². The van der Waals surface area contributed by atoms with Crippen molar-refractivity contribution in [3.8, 4) is 0 Å². The highest BCUT2D eigenvalue weighted by molar-refractivity contribution is 8.22. The summed E-state index contributed by atoms with van der Waals surface area (Å²) in [5.74, 6) is -0.0475. The highest BCUT2D eigenvalue weighted by atomic mass is 32.3. The minimum atomic E-state index is -2.36. The summed E-state index contributed by atoms with van der Waals surface area (Å²) in [6.07, 6.45) is 3.21. The molecule has 0 radical (unpaired) electrons. The molecular weight excluding hydrogens is 230 g/mol. The maximum Gasteiger partial charge on any atom is 0.238 e. The van der Waals surface area contributed by atoms with Gasteiger partial charge in [0, 0.05) is 12.2 Å². The molecule has 1 unspecified atom stereocenters. The molecule has 7 heteroatoms. The molecule has 1 aliphatic heterocycles. The smallest absolute Gasteiger partial charge is 0.238 e. The normalized spacial score (nSPS) is 24.8. The maximum absolute atomic E-state index is 11.7. The van der Waals surface area contributed by atoms with E-state index in [2.05, 4.69) is 15.2 Å². The van der Waals surface area contributed by atoms with Gasteiger partial charge in [-0.15, -0.1) is 15.6 Å². The molecule has 6 nitrogen and oxygen atoms in total. The number of piperidine rings is 1. The Morgan fingerprint density at radius 3 is 2.56 bits per heavy atom. The predicted octanol–water partition coefficient (Wildman–Crippen LogP) is 0.333. The second-order valence-electron chi connectivity index (χ2n) is 4.14. The molecule has 0 aromatic heterocycles. The lowest BCUT2D eigenvalue weighted by atomic mass is 9.97. The Bertz CT molecular complexity index is 242. The van der Waals surface area contributed by atoms with Crippen molar-refractivity contribution < 1.29 is 13.5 Å². The fraction of sp³-hybridized carbons (Fsp3) is 0.889. The van der Waals surface area contributed by atoms with E-state index in [0.29, 0.717) is 0 Å². The molecule has 96 valence electrons. The summed E-state index contributed by atoms with van der Waals surface area (Å²) in [5, 5.41) is 0. The zero-order chi connectivity index (χ0) is 12.2. The summed E-state index contributed by atoms with van der Waals surface area (Å²) in [6.45, 7) is 1.87. The Kier molecular flexibility index (Phi) is 5.00. The lowest BCUT2D eigenvalue weighted by molar-refractivity contribution is -0.126. The van der Waals surface area contributed by atoms with Crippen molar-refractivity contribution in [3.63, 3.8) is 0 Å². The van der Waals surface area contributed by atoms with Crippen LogP contribution in [0.4, 0.5) is 0 Å². The van der Waals surface area contributed by atoms with Gasteiger partial charge in [0.2, 0.25) is 5.91 Å². The van der Waals surface area contributed by atoms with E-state index in [-0.39, 0.29) is 11.8 Å². The molecule has 1 aliphatic rings. The Balaban J connectivity index is 2.30. The quantitative estimate of drug-likeness (QED) is 0.628. The SMILES string of the molecule is COS(C)(O)NNC(=O)C1CCN(C)CC1. The first kappa shape index (κ1) is 13.7. The van der Waals surface area contributed by atoms with Crippen LogP contribution in [-0.2, 0) is 8.98 Å². The molecule has 0 bridgehead atoms. The van der Waals surface area contributed by atoms with Crippen molar-refractivity contribution in [3.05, 3.63) is 0 Å². The topological polar surface area (TPSA) is 73.8 Å². The predicted molar refractivity (Wildman–Crippen MR) is 64.7 cm³/mol. The van der Waals surface area contributed by atoms with Gasteiger partial charge in [-0.05, 0) is 33.0 Å². The number of hydrazine groups is 1. The number of nitrogens with zero attached hydrogens (tertiary/aromatic N) is 1. The van der Waals surface area contributed by atoms with E-state index in [0.717, 1.165) is 25.9 Å². The first-order valence-electron chi connectivity index (χ1n) is 5.26. The molecule has 0 saturated carbocycles. The van der Waals surface area contributed by atoms with Crippen LogP contribution in [0.25, 0.3) is 0 Å². The van der Waals surface area contributed by atoms with Crippen molar-refractivity contribution in [1.29, 1.82) is 0 Å². The van der Waals surface area contributed by atoms with Gasteiger partial charge in [-0.1, -0.05) is 0 Å². The molecule has 0 spiro atoms. The summed E-state index contributed by atoms with van der Waals surface area (Å²) in [5.41, 5.74) is 2.51. The van der Waals surface area contributed by atoms with Crippen molar-refractivity contribution in [2.24, 2.45) is 5.92 Å². The van der Waals surface area contributed by atoms with Crippen molar-refractivity contribution in [2.75, 3.05) is 33.5 Å². The Morgan fingerprint density at radius 1 is 1.50 bits per heavy atom. The van der Waals surface area contributed by atoms with E-state index in [1.807, 2.05) is 7.05 Å². The van der Waals surface area contributed by atoms with E-state index in [9.17, 15) is 9.35 Å². The van der Waals surface area contributed by atoms with Crippen LogP contribution >= 0.6 is 10.8 Å². The second-order valence-corrected chi connectivity index (χ2v) is 6.28. The minimum Gasteiger partial charge on any atom is -0.306 e. The van der Waals surface area contributed by atoms with Gasteiger partial charge in [0.05, 0.1) is 7.11 Å². The average molecular weight is 251 g/mol. The van der Waals surface area contributed by atoms with Gasteiger partial charge in [-0.2, -0.15) is 0 Å². The van der Waals surface area contributed by atoms with Crippen molar-refractivity contribution in [1.82, 2.24) is 15.2 Å². The largest absolute Gasteiger partial charge is 0.306 e. The van der Waals surface area contributed by atoms with E-state index < -0.39 is 10.8 Å². The number of hydrogen-bond donors (Lipinski definition) is 3. The third-order valence-corrected chi connectivity index (χ3v) is 3.91. The number of rotatable bonds is 4. The summed E-state index contributed by atoms with van der Waals surface area (Å²) >= 11 is 0. The number of nitrogens with one attached hydrogen (secondary N) is 2. The van der Waals surface area contributed by atoms with Crippen LogP contribution in [0.3, 0.4) is 0 Å². The number of hydrogen-bond acceptors (Lipinski definition) is 5. The molecule has 1 heterocycles. The molecule has 1 saturated heterocycles. The number of carbonyl (C=O) groups is 1. The third-order valence-electron chi connectivity index (χ3n) is 2.78. The zero-order valence-corrected chi connectivity index (χ0v) is 10.8. The first-order valence-corrected chi connectivity index (χ1v) is 7.18. The van der Waals surface area contributed by atoms with Crippen molar-refractivity contribution in [2.45, 2.75) is 12.8 Å². The molecule has 0 aromatic rings. The first-order chi connectivity index (χ1) is 7.44. The molecule has 0 aliphatic carbocycles. The highest BCUT2D eigenvalue weighted by Crippen LogP contribution is 2.32. The second kappa shape index (κ2) is 5.83. The van der Waals surface area contributed by atoms with Gasteiger partial charge in [-0.3, -0.25) is 19.0 Å². The van der Waals surface area contributed by atoms with Crippen LogP contribution in [0.1, 0.15) is 12.8 Å². The average Bonchev–Trinajstić information content (AvgIpc) is 2.27. The molecule has 1 amide bonds. The number of carbonyl (C=O) groups excluding carboxylic acids is 1. The molecular formula is C9H21N3O3S. The monoisotopic (exact) mass is 251 g/mol. The zero-order valence-electron chi connectivity index (χ0n) is 10.0. The Hall–Kier alpha value is -0.340. The van der Waals surface area contributed by atoms with E-state index in [1.165, 1.54) is 13.4 Å². The minimum absolute atomic E-state index is 0.0238. The Morgan fingerprint density at radius 2 is 2.06 bits per heavy atom. The van der Waals surface area contributed by atoms with E-state index in [4.69, 9.17) is 4.18 Å². The van der Waals surface area contributed by atoms with Crippen LogP contribution in [-0.4, -0.2) is 48.9 Å². The highest BCUT2D eigenvalue weighted by Gasteiger charge is 2.23. The third kappa shape index (κ3) is 4.26. The molecule has 3 N–H and O–H groups in total. The van der Waals surface area contributed by atoms with Crippen LogP contribution in [0, 0.1) is 5.92 Å². The van der Waals surface area contributed by atoms with Gasteiger partial charge in [0.1, 0.15) is 0 Å². The van der Waals surface area contributed by atoms with Crippen LogP contribution in [0.5, 0.6) is 0 Å². The van der Waals surface area contributed by atoms with Crippen LogP contribution < -0.4 is 10.3 Å². The molecule has 0 aromatic carbocycles. The van der Waals surface area contributed by atoms with Gasteiger partial charge < -0.3 is 4.90 Å². The number of amides is 1. The Labute approximate surface area is 98.2 Å². The summed E-state index contributed by atoms with van der Waals surface area (Å²) in [4.78, 5) is 16.4. The molecule has 1 fully saturated rings. The summed E-state index contributed by atoms with van der Waals surface area (Å²) < 4.78 is 14.3. The summed E-state index contributed by atoms with van der Waals surface area (Å²) in [6, 6.07) is 0. The van der Waals surface area contributed by atoms with Gasteiger partial charge in [0.25, 0.3) is 0 Å². The van der Waals surface area contributed by atoms with E-state index in [1.54, 1.807) is 0 Å². The maximum atomic E-state index is 11.7. The fourth-order valence-corrected chi connectivity index (χ4v) is 1.93. The van der Waals surface area contributed by atoms with Gasteiger partial charge in [0.15, 0.2) is 0 Å². The molecule has 16 heavy (non-hydrogen) atoms. The molecule has 1 rings (SSSR count). The van der Waals surface area contributed by atoms with Gasteiger partial charge in [-0.25, -0.2) is 0 Å². The van der Waals surface area contributed by atoms with Crippen LogP contribution in [0.15, 0.2) is 0 Å². The molecule has 1 atom stereocenters. The summed E-state index contributed by atoms with van der Waals surface area (Å²) in [7, 11) is 1.08. The lowest BCUT2D eigenvalue weighted by Gasteiger charge is -2.34. The standard InChI is InChI=1S/C9H21N3O3S/c1-12-6-4-8(5-7-12)9(13)10-11-16(3,14)15-2/h8,11,14H,4-7H2,1-3H3,(H,10,13). The van der Waals surface area contributed by atoms with Crippen molar-refractivity contribution >= 4 is 16.7 Å². The number of likely N-dealkylation sites (tertiary alicyclic amines) is 1.